The number of ether oxygens (including phenoxy) is 1. The van der Waals surface area contributed by atoms with E-state index >= 15 is 0 Å². The number of hydrogen-bond acceptors (Lipinski definition) is 4. The molecule has 0 bridgehead atoms. The Bertz CT molecular complexity index is 223. The van der Waals surface area contributed by atoms with E-state index in [0.717, 1.165) is 25.8 Å². The zero-order valence-electron chi connectivity index (χ0n) is 12.0. The van der Waals surface area contributed by atoms with Crippen LogP contribution in [-0.4, -0.2) is 75.4 Å². The van der Waals surface area contributed by atoms with Gasteiger partial charge in [-0.25, -0.2) is 0 Å². The van der Waals surface area contributed by atoms with Crippen molar-refractivity contribution in [3.8, 4) is 0 Å². The predicted molar refractivity (Wildman–Crippen MR) is 75.0 cm³/mol. The van der Waals surface area contributed by atoms with Crippen LogP contribution in [0.1, 0.15) is 25.7 Å². The van der Waals surface area contributed by atoms with Crippen LogP contribution in [0.4, 0.5) is 0 Å². The van der Waals surface area contributed by atoms with Gasteiger partial charge in [0, 0.05) is 38.4 Å². The maximum absolute atomic E-state index is 5.38. The van der Waals surface area contributed by atoms with Crippen LogP contribution in [0.2, 0.25) is 0 Å². The fourth-order valence-electron chi connectivity index (χ4n) is 2.97. The van der Waals surface area contributed by atoms with Gasteiger partial charge in [0.2, 0.25) is 0 Å². The maximum Gasteiger partial charge on any atom is 0.0480 e. The highest BCUT2D eigenvalue weighted by atomic mass is 16.5. The molecule has 4 heteroatoms. The van der Waals surface area contributed by atoms with Gasteiger partial charge in [-0.05, 0) is 52.9 Å². The summed E-state index contributed by atoms with van der Waals surface area (Å²) >= 11 is 0. The van der Waals surface area contributed by atoms with Gasteiger partial charge in [0.25, 0.3) is 0 Å². The van der Waals surface area contributed by atoms with Crippen LogP contribution in [0.3, 0.4) is 0 Å². The Morgan fingerprint density at radius 1 is 1.17 bits per heavy atom. The van der Waals surface area contributed by atoms with Gasteiger partial charge in [-0.1, -0.05) is 0 Å². The smallest absolute Gasteiger partial charge is 0.0480 e. The van der Waals surface area contributed by atoms with E-state index in [4.69, 9.17) is 4.74 Å². The average molecular weight is 255 g/mol. The number of likely N-dealkylation sites (N-methyl/N-ethyl adjacent to an activating group) is 1. The summed E-state index contributed by atoms with van der Waals surface area (Å²) in [6.45, 7) is 6.66. The van der Waals surface area contributed by atoms with E-state index in [1.165, 1.54) is 45.3 Å². The molecule has 106 valence electrons. The first-order valence-corrected chi connectivity index (χ1v) is 7.45. The van der Waals surface area contributed by atoms with Crippen LogP contribution < -0.4 is 5.32 Å². The van der Waals surface area contributed by atoms with Crippen molar-refractivity contribution >= 4 is 0 Å². The quantitative estimate of drug-likeness (QED) is 0.786. The minimum absolute atomic E-state index is 0.685. The van der Waals surface area contributed by atoms with Crippen LogP contribution in [0.15, 0.2) is 0 Å². The molecule has 2 fully saturated rings. The molecule has 2 rings (SSSR count). The Morgan fingerprint density at radius 3 is 2.50 bits per heavy atom. The lowest BCUT2D eigenvalue weighted by atomic mass is 10.0. The molecular formula is C14H29N3O. The molecule has 0 aromatic rings. The van der Waals surface area contributed by atoms with Crippen LogP contribution in [-0.2, 0) is 4.74 Å². The first-order chi connectivity index (χ1) is 8.75. The second-order valence-corrected chi connectivity index (χ2v) is 5.86. The van der Waals surface area contributed by atoms with Crippen LogP contribution in [0.25, 0.3) is 0 Å². The van der Waals surface area contributed by atoms with Gasteiger partial charge in [-0.3, -0.25) is 0 Å². The summed E-state index contributed by atoms with van der Waals surface area (Å²) in [7, 11) is 4.50. The molecule has 18 heavy (non-hydrogen) atoms. The largest absolute Gasteiger partial charge is 0.381 e. The number of nitrogens with one attached hydrogen (secondary N) is 1. The summed E-state index contributed by atoms with van der Waals surface area (Å²) < 4.78 is 5.38. The van der Waals surface area contributed by atoms with Crippen molar-refractivity contribution in [2.45, 2.75) is 37.8 Å². The molecule has 4 nitrogen and oxygen atoms in total. The lowest BCUT2D eigenvalue weighted by molar-refractivity contribution is 0.0762. The topological polar surface area (TPSA) is 27.7 Å². The van der Waals surface area contributed by atoms with E-state index < -0.39 is 0 Å². The highest BCUT2D eigenvalue weighted by molar-refractivity contribution is 4.78. The van der Waals surface area contributed by atoms with Crippen LogP contribution in [0.5, 0.6) is 0 Å². The first-order valence-electron chi connectivity index (χ1n) is 7.45. The van der Waals surface area contributed by atoms with Crippen LogP contribution in [0, 0.1) is 0 Å². The number of rotatable bonds is 5. The molecule has 0 aromatic heterocycles. The molecule has 0 radical (unpaired) electrons. The molecule has 2 saturated heterocycles. The zero-order valence-corrected chi connectivity index (χ0v) is 12.0. The van der Waals surface area contributed by atoms with Crippen molar-refractivity contribution in [3.05, 3.63) is 0 Å². The maximum atomic E-state index is 5.38. The summed E-state index contributed by atoms with van der Waals surface area (Å²) in [5.74, 6) is 0. The van der Waals surface area contributed by atoms with E-state index in [-0.39, 0.29) is 0 Å². The van der Waals surface area contributed by atoms with Crippen molar-refractivity contribution in [1.82, 2.24) is 15.1 Å². The lowest BCUT2D eigenvalue weighted by Gasteiger charge is -2.35. The second kappa shape index (κ2) is 7.43. The van der Waals surface area contributed by atoms with Gasteiger partial charge in [0.15, 0.2) is 0 Å². The molecule has 0 aliphatic carbocycles. The van der Waals surface area contributed by atoms with E-state index in [1.54, 1.807) is 0 Å². The molecule has 0 atom stereocenters. The third-order valence-corrected chi connectivity index (χ3v) is 4.43. The van der Waals surface area contributed by atoms with E-state index in [2.05, 4.69) is 29.2 Å². The van der Waals surface area contributed by atoms with E-state index in [9.17, 15) is 0 Å². The normalized spacial score (nSPS) is 24.8. The number of hydrogen-bond donors (Lipinski definition) is 1. The van der Waals surface area contributed by atoms with Crippen molar-refractivity contribution in [2.24, 2.45) is 0 Å². The SMILES string of the molecule is CN1CCC(N(C)CCNC2CCOCC2)CC1. The Morgan fingerprint density at radius 2 is 1.83 bits per heavy atom. The Labute approximate surface area is 112 Å². The standard InChI is InChI=1S/C14H29N3O/c1-16-8-3-14(4-9-16)17(2)10-7-15-13-5-11-18-12-6-13/h13-15H,3-12H2,1-2H3. The third-order valence-electron chi connectivity index (χ3n) is 4.43. The summed E-state index contributed by atoms with van der Waals surface area (Å²) in [6, 6.07) is 1.47. The first kappa shape index (κ1) is 14.3. The summed E-state index contributed by atoms with van der Waals surface area (Å²) in [5.41, 5.74) is 0. The van der Waals surface area contributed by atoms with E-state index in [0.29, 0.717) is 6.04 Å². The minimum atomic E-state index is 0.685. The second-order valence-electron chi connectivity index (χ2n) is 5.86. The lowest BCUT2D eigenvalue weighted by Crippen LogP contribution is -2.45. The van der Waals surface area contributed by atoms with Crippen molar-refractivity contribution in [2.75, 3.05) is 53.5 Å². The predicted octanol–water partition coefficient (Wildman–Crippen LogP) is 0.781. The van der Waals surface area contributed by atoms with Gasteiger partial charge in [0.1, 0.15) is 0 Å². The van der Waals surface area contributed by atoms with Gasteiger partial charge < -0.3 is 19.9 Å². The molecule has 0 aromatic carbocycles. The van der Waals surface area contributed by atoms with Gasteiger partial charge >= 0.3 is 0 Å². The van der Waals surface area contributed by atoms with Gasteiger partial charge in [-0.2, -0.15) is 0 Å². The van der Waals surface area contributed by atoms with Crippen molar-refractivity contribution in [1.29, 1.82) is 0 Å². The number of piperidine rings is 1. The molecule has 2 aliphatic rings. The molecule has 0 unspecified atom stereocenters. The Kier molecular flexibility index (Phi) is 5.89. The monoisotopic (exact) mass is 255 g/mol. The molecule has 0 saturated carbocycles. The number of likely N-dealkylation sites (tertiary alicyclic amines) is 1. The van der Waals surface area contributed by atoms with Crippen molar-refractivity contribution in [3.63, 3.8) is 0 Å². The van der Waals surface area contributed by atoms with Crippen molar-refractivity contribution < 1.29 is 4.74 Å². The molecule has 0 spiro atoms. The van der Waals surface area contributed by atoms with Crippen LogP contribution >= 0.6 is 0 Å². The Balaban J connectivity index is 1.57. The van der Waals surface area contributed by atoms with E-state index in [1.807, 2.05) is 0 Å². The summed E-state index contributed by atoms with van der Waals surface area (Å²) in [5, 5.41) is 3.67. The Hall–Kier alpha value is -0.160. The average Bonchev–Trinajstić information content (AvgIpc) is 2.40. The third kappa shape index (κ3) is 4.50. The fraction of sp³-hybridized carbons (Fsp3) is 1.00. The highest BCUT2D eigenvalue weighted by Crippen LogP contribution is 2.13. The minimum Gasteiger partial charge on any atom is -0.381 e. The van der Waals surface area contributed by atoms with Gasteiger partial charge in [0.05, 0.1) is 0 Å². The molecule has 2 aliphatic heterocycles. The molecule has 2 heterocycles. The fourth-order valence-corrected chi connectivity index (χ4v) is 2.97. The number of nitrogens with zero attached hydrogens (tertiary/aromatic N) is 2. The summed E-state index contributed by atoms with van der Waals surface area (Å²) in [6.07, 6.45) is 5.00. The van der Waals surface area contributed by atoms with Gasteiger partial charge in [-0.15, -0.1) is 0 Å². The molecule has 0 amide bonds. The molecular weight excluding hydrogens is 226 g/mol. The zero-order chi connectivity index (χ0) is 12.8. The highest BCUT2D eigenvalue weighted by Gasteiger charge is 2.20. The summed E-state index contributed by atoms with van der Waals surface area (Å²) in [4.78, 5) is 4.98. The molecule has 1 N–H and O–H groups in total.